The van der Waals surface area contributed by atoms with E-state index in [1.165, 1.54) is 0 Å². The Morgan fingerprint density at radius 3 is 2.58 bits per heavy atom. The molecular formula is C21H25N2O3. The first-order valence-corrected chi connectivity index (χ1v) is 8.77. The molecule has 2 aromatic carbocycles. The number of carbonyl (C=O) groups is 2. The predicted octanol–water partition coefficient (Wildman–Crippen LogP) is 3.97. The summed E-state index contributed by atoms with van der Waals surface area (Å²) in [6, 6.07) is 15.4. The summed E-state index contributed by atoms with van der Waals surface area (Å²) in [4.78, 5) is 24.7. The van der Waals surface area contributed by atoms with Crippen LogP contribution in [0.25, 0.3) is 0 Å². The van der Waals surface area contributed by atoms with Gasteiger partial charge in [-0.1, -0.05) is 32.0 Å². The maximum absolute atomic E-state index is 12.8. The Morgan fingerprint density at radius 1 is 1.19 bits per heavy atom. The number of amides is 2. The van der Waals surface area contributed by atoms with E-state index in [0.29, 0.717) is 23.6 Å². The fraction of sp³-hybridized carbons (Fsp3) is 0.333. The highest BCUT2D eigenvalue weighted by molar-refractivity contribution is 6.00. The van der Waals surface area contributed by atoms with Gasteiger partial charge in [0.05, 0.1) is 18.2 Å². The molecule has 0 saturated carbocycles. The molecule has 0 fully saturated rings. The molecule has 5 nitrogen and oxygen atoms in total. The van der Waals surface area contributed by atoms with E-state index in [0.717, 1.165) is 5.56 Å². The standard InChI is InChI=1S/C21H25N2O3/c1-5-26-19-12-11-17(23-20(24)14(2)3)13-18(19)21(25)22-15(4)16-9-7-6-8-10-16/h6-7,9-15H,5H2,1-4H3,(H,22,25)(H,23,24). The summed E-state index contributed by atoms with van der Waals surface area (Å²) in [5.74, 6) is -0.0216. The third kappa shape index (κ3) is 5.09. The van der Waals surface area contributed by atoms with Crippen molar-refractivity contribution >= 4 is 17.5 Å². The van der Waals surface area contributed by atoms with Gasteiger partial charge in [0, 0.05) is 11.6 Å². The number of benzene rings is 2. The topological polar surface area (TPSA) is 67.4 Å². The van der Waals surface area contributed by atoms with Crippen molar-refractivity contribution in [2.24, 2.45) is 5.92 Å². The van der Waals surface area contributed by atoms with E-state index in [-0.39, 0.29) is 23.8 Å². The lowest BCUT2D eigenvalue weighted by atomic mass is 10.1. The number of carbonyl (C=O) groups excluding carboxylic acids is 2. The SMILES string of the molecule is CCOc1ccc(NC(=O)C(C)C)cc1C(=O)NC(C)c1c[c]ccc1. The monoisotopic (exact) mass is 353 g/mol. The average molecular weight is 353 g/mol. The van der Waals surface area contributed by atoms with Crippen LogP contribution in [0.3, 0.4) is 0 Å². The van der Waals surface area contributed by atoms with E-state index < -0.39 is 0 Å². The van der Waals surface area contributed by atoms with E-state index in [9.17, 15) is 9.59 Å². The molecule has 0 aliphatic carbocycles. The van der Waals surface area contributed by atoms with Crippen LogP contribution in [0.1, 0.15) is 49.7 Å². The quantitative estimate of drug-likeness (QED) is 0.791. The molecular weight excluding hydrogens is 328 g/mol. The molecule has 0 aromatic heterocycles. The van der Waals surface area contributed by atoms with Crippen LogP contribution in [-0.4, -0.2) is 18.4 Å². The van der Waals surface area contributed by atoms with Gasteiger partial charge in [-0.2, -0.15) is 0 Å². The van der Waals surface area contributed by atoms with Crippen LogP contribution in [-0.2, 0) is 4.79 Å². The highest BCUT2D eigenvalue weighted by atomic mass is 16.5. The van der Waals surface area contributed by atoms with Gasteiger partial charge in [-0.05, 0) is 49.7 Å². The molecule has 2 N–H and O–H groups in total. The van der Waals surface area contributed by atoms with E-state index in [4.69, 9.17) is 4.74 Å². The average Bonchev–Trinajstić information content (AvgIpc) is 2.63. The van der Waals surface area contributed by atoms with Gasteiger partial charge < -0.3 is 15.4 Å². The van der Waals surface area contributed by atoms with Crippen molar-refractivity contribution in [1.29, 1.82) is 0 Å². The zero-order valence-corrected chi connectivity index (χ0v) is 15.6. The highest BCUT2D eigenvalue weighted by Gasteiger charge is 2.17. The first-order valence-electron chi connectivity index (χ1n) is 8.77. The molecule has 1 atom stereocenters. The summed E-state index contributed by atoms with van der Waals surface area (Å²) in [6.07, 6.45) is 0. The summed E-state index contributed by atoms with van der Waals surface area (Å²) >= 11 is 0. The van der Waals surface area contributed by atoms with Crippen molar-refractivity contribution in [3.05, 3.63) is 59.7 Å². The molecule has 2 amide bonds. The molecule has 26 heavy (non-hydrogen) atoms. The van der Waals surface area contributed by atoms with Gasteiger partial charge in [0.15, 0.2) is 0 Å². The molecule has 137 valence electrons. The van der Waals surface area contributed by atoms with Gasteiger partial charge in [-0.3, -0.25) is 9.59 Å². The maximum atomic E-state index is 12.8. The Kier molecular flexibility index (Phi) is 6.78. The normalized spacial score (nSPS) is 11.7. The summed E-state index contributed by atoms with van der Waals surface area (Å²) < 4.78 is 5.57. The first kappa shape index (κ1) is 19.5. The fourth-order valence-corrected chi connectivity index (χ4v) is 2.39. The van der Waals surface area contributed by atoms with Gasteiger partial charge in [0.2, 0.25) is 5.91 Å². The largest absolute Gasteiger partial charge is 0.493 e. The Balaban J connectivity index is 2.23. The molecule has 0 spiro atoms. The minimum absolute atomic E-state index is 0.103. The molecule has 2 aromatic rings. The zero-order valence-electron chi connectivity index (χ0n) is 15.6. The second-order valence-electron chi connectivity index (χ2n) is 6.32. The number of rotatable bonds is 7. The lowest BCUT2D eigenvalue weighted by Crippen LogP contribution is -2.27. The molecule has 0 aliphatic heterocycles. The van der Waals surface area contributed by atoms with Gasteiger partial charge in [-0.15, -0.1) is 0 Å². The van der Waals surface area contributed by atoms with Crippen LogP contribution in [0, 0.1) is 12.0 Å². The predicted molar refractivity (Wildman–Crippen MR) is 102 cm³/mol. The van der Waals surface area contributed by atoms with Crippen LogP contribution in [0.4, 0.5) is 5.69 Å². The second kappa shape index (κ2) is 9.04. The van der Waals surface area contributed by atoms with Crippen LogP contribution >= 0.6 is 0 Å². The minimum Gasteiger partial charge on any atom is -0.493 e. The Bertz CT molecular complexity index is 757. The second-order valence-corrected chi connectivity index (χ2v) is 6.32. The van der Waals surface area contributed by atoms with Crippen molar-refractivity contribution < 1.29 is 14.3 Å². The summed E-state index contributed by atoms with van der Waals surface area (Å²) in [5, 5.41) is 5.77. The number of ether oxygens (including phenoxy) is 1. The van der Waals surface area contributed by atoms with Crippen LogP contribution in [0.2, 0.25) is 0 Å². The first-order chi connectivity index (χ1) is 12.4. The van der Waals surface area contributed by atoms with Crippen LogP contribution < -0.4 is 15.4 Å². The summed E-state index contributed by atoms with van der Waals surface area (Å²) in [6.45, 7) is 7.84. The number of nitrogens with one attached hydrogen (secondary N) is 2. The summed E-state index contributed by atoms with van der Waals surface area (Å²) in [5.41, 5.74) is 1.92. The lowest BCUT2D eigenvalue weighted by molar-refractivity contribution is -0.118. The van der Waals surface area contributed by atoms with Crippen molar-refractivity contribution in [3.8, 4) is 5.75 Å². The zero-order chi connectivity index (χ0) is 19.1. The smallest absolute Gasteiger partial charge is 0.255 e. The van der Waals surface area contributed by atoms with Crippen molar-refractivity contribution in [2.75, 3.05) is 11.9 Å². The Hall–Kier alpha value is -2.82. The Morgan fingerprint density at radius 2 is 1.96 bits per heavy atom. The maximum Gasteiger partial charge on any atom is 0.255 e. The van der Waals surface area contributed by atoms with Gasteiger partial charge in [0.1, 0.15) is 5.75 Å². The third-order valence-corrected chi connectivity index (χ3v) is 3.89. The van der Waals surface area contributed by atoms with E-state index >= 15 is 0 Å². The van der Waals surface area contributed by atoms with Gasteiger partial charge >= 0.3 is 0 Å². The molecule has 2 rings (SSSR count). The molecule has 1 unspecified atom stereocenters. The minimum atomic E-state index is -0.259. The summed E-state index contributed by atoms with van der Waals surface area (Å²) in [7, 11) is 0. The Labute approximate surface area is 154 Å². The molecule has 0 aliphatic rings. The molecule has 0 bridgehead atoms. The molecule has 0 heterocycles. The van der Waals surface area contributed by atoms with E-state index in [1.807, 2.05) is 52.0 Å². The number of hydrogen-bond acceptors (Lipinski definition) is 3. The van der Waals surface area contributed by atoms with E-state index in [1.54, 1.807) is 18.2 Å². The van der Waals surface area contributed by atoms with Crippen molar-refractivity contribution in [2.45, 2.75) is 33.7 Å². The molecule has 0 saturated heterocycles. The van der Waals surface area contributed by atoms with Gasteiger partial charge in [0.25, 0.3) is 5.91 Å². The van der Waals surface area contributed by atoms with Gasteiger partial charge in [-0.25, -0.2) is 0 Å². The number of anilines is 1. The highest BCUT2D eigenvalue weighted by Crippen LogP contribution is 2.24. The molecule has 5 heteroatoms. The third-order valence-electron chi connectivity index (χ3n) is 3.89. The van der Waals surface area contributed by atoms with Crippen LogP contribution in [0.15, 0.2) is 42.5 Å². The van der Waals surface area contributed by atoms with Crippen molar-refractivity contribution in [3.63, 3.8) is 0 Å². The lowest BCUT2D eigenvalue weighted by Gasteiger charge is -2.17. The number of hydrogen-bond donors (Lipinski definition) is 2. The van der Waals surface area contributed by atoms with Crippen LogP contribution in [0.5, 0.6) is 5.75 Å². The molecule has 1 radical (unpaired) electrons. The van der Waals surface area contributed by atoms with E-state index in [2.05, 4.69) is 16.7 Å². The fourth-order valence-electron chi connectivity index (χ4n) is 2.39. The van der Waals surface area contributed by atoms with Crippen molar-refractivity contribution in [1.82, 2.24) is 5.32 Å².